The molecule has 21 heavy (non-hydrogen) atoms. The highest BCUT2D eigenvalue weighted by Gasteiger charge is 2.23. The van der Waals surface area contributed by atoms with Crippen LogP contribution >= 0.6 is 0 Å². The number of amides is 1. The van der Waals surface area contributed by atoms with Crippen LogP contribution in [0, 0.1) is 0 Å². The van der Waals surface area contributed by atoms with Crippen LogP contribution in [0.5, 0.6) is 0 Å². The maximum atomic E-state index is 12.0. The Hall–Kier alpha value is -1.55. The van der Waals surface area contributed by atoms with Crippen molar-refractivity contribution in [3.05, 3.63) is 29.8 Å². The van der Waals surface area contributed by atoms with Crippen molar-refractivity contribution in [2.75, 3.05) is 38.0 Å². The third-order valence-electron chi connectivity index (χ3n) is 4.24. The molecule has 0 bridgehead atoms. The Morgan fingerprint density at radius 2 is 2.10 bits per heavy atom. The first-order valence-corrected chi connectivity index (χ1v) is 8.06. The molecule has 1 atom stereocenters. The first-order chi connectivity index (χ1) is 10.2. The predicted octanol–water partition coefficient (Wildman–Crippen LogP) is 2.43. The number of fused-ring (bicyclic) bond motifs is 1. The standard InChI is InChI=1S/C17H27N3O/c1-3-20(4-2)11-7-10-18-17(21)12-14-13-19-16-9-6-5-8-15(14)16/h5-6,8-9,14,19H,3-4,7,10-13H2,1-2H3,(H,18,21). The van der Waals surface area contributed by atoms with Gasteiger partial charge >= 0.3 is 0 Å². The van der Waals surface area contributed by atoms with E-state index in [0.29, 0.717) is 12.3 Å². The number of nitrogens with zero attached hydrogens (tertiary/aromatic N) is 1. The molecule has 1 aliphatic heterocycles. The number of para-hydroxylation sites is 1. The third-order valence-corrected chi connectivity index (χ3v) is 4.24. The Balaban J connectivity index is 1.69. The van der Waals surface area contributed by atoms with Gasteiger partial charge in [-0.2, -0.15) is 0 Å². The van der Waals surface area contributed by atoms with Gasteiger partial charge in [-0.3, -0.25) is 4.79 Å². The van der Waals surface area contributed by atoms with Gasteiger partial charge in [-0.25, -0.2) is 0 Å². The summed E-state index contributed by atoms with van der Waals surface area (Å²) in [6.45, 7) is 9.20. The van der Waals surface area contributed by atoms with Gasteiger partial charge in [0, 0.05) is 31.1 Å². The minimum absolute atomic E-state index is 0.165. The van der Waals surface area contributed by atoms with Crippen LogP contribution in [0.4, 0.5) is 5.69 Å². The highest BCUT2D eigenvalue weighted by atomic mass is 16.1. The van der Waals surface area contributed by atoms with E-state index in [-0.39, 0.29) is 5.91 Å². The van der Waals surface area contributed by atoms with Gasteiger partial charge in [0.25, 0.3) is 0 Å². The number of hydrogen-bond donors (Lipinski definition) is 2. The van der Waals surface area contributed by atoms with Gasteiger partial charge in [0.1, 0.15) is 0 Å². The van der Waals surface area contributed by atoms with Crippen molar-refractivity contribution in [3.63, 3.8) is 0 Å². The molecule has 4 nitrogen and oxygen atoms in total. The van der Waals surface area contributed by atoms with Gasteiger partial charge in [-0.15, -0.1) is 0 Å². The highest BCUT2D eigenvalue weighted by molar-refractivity contribution is 5.78. The molecule has 0 saturated carbocycles. The molecule has 0 fully saturated rings. The van der Waals surface area contributed by atoms with Crippen LogP contribution in [0.2, 0.25) is 0 Å². The van der Waals surface area contributed by atoms with Gasteiger partial charge in [0.15, 0.2) is 0 Å². The molecular weight excluding hydrogens is 262 g/mol. The molecule has 0 aromatic heterocycles. The summed E-state index contributed by atoms with van der Waals surface area (Å²) in [5.41, 5.74) is 2.45. The summed E-state index contributed by atoms with van der Waals surface area (Å²) in [6.07, 6.45) is 1.60. The molecule has 2 N–H and O–H groups in total. The van der Waals surface area contributed by atoms with Crippen LogP contribution in [0.25, 0.3) is 0 Å². The molecule has 0 spiro atoms. The lowest BCUT2D eigenvalue weighted by Gasteiger charge is -2.18. The summed E-state index contributed by atoms with van der Waals surface area (Å²) in [4.78, 5) is 14.4. The summed E-state index contributed by atoms with van der Waals surface area (Å²) in [5.74, 6) is 0.474. The minimum Gasteiger partial charge on any atom is -0.384 e. The van der Waals surface area contributed by atoms with Gasteiger partial charge in [0.2, 0.25) is 5.91 Å². The van der Waals surface area contributed by atoms with Gasteiger partial charge < -0.3 is 15.5 Å². The normalized spacial score (nSPS) is 16.6. The smallest absolute Gasteiger partial charge is 0.220 e. The summed E-state index contributed by atoms with van der Waals surface area (Å²) >= 11 is 0. The summed E-state index contributed by atoms with van der Waals surface area (Å²) < 4.78 is 0. The molecule has 1 amide bonds. The molecule has 0 aliphatic carbocycles. The van der Waals surface area contributed by atoms with Crippen molar-refractivity contribution < 1.29 is 4.79 Å². The molecule has 4 heteroatoms. The van der Waals surface area contributed by atoms with Crippen molar-refractivity contribution in [3.8, 4) is 0 Å². The van der Waals surface area contributed by atoms with Crippen LogP contribution in [-0.2, 0) is 4.79 Å². The van der Waals surface area contributed by atoms with Crippen molar-refractivity contribution in [2.45, 2.75) is 32.6 Å². The zero-order valence-corrected chi connectivity index (χ0v) is 13.2. The fourth-order valence-electron chi connectivity index (χ4n) is 2.91. The summed E-state index contributed by atoms with van der Waals surface area (Å²) in [7, 11) is 0. The van der Waals surface area contributed by atoms with E-state index in [4.69, 9.17) is 0 Å². The quantitative estimate of drug-likeness (QED) is 0.723. The second kappa shape index (κ2) is 8.03. The van der Waals surface area contributed by atoms with E-state index in [1.165, 1.54) is 11.3 Å². The van der Waals surface area contributed by atoms with Crippen molar-refractivity contribution >= 4 is 11.6 Å². The fourth-order valence-corrected chi connectivity index (χ4v) is 2.91. The van der Waals surface area contributed by atoms with Gasteiger partial charge in [-0.05, 0) is 37.7 Å². The molecule has 0 saturated heterocycles. The number of carbonyl (C=O) groups is 1. The maximum absolute atomic E-state index is 12.0. The molecule has 1 aromatic carbocycles. The van der Waals surface area contributed by atoms with Crippen LogP contribution in [0.15, 0.2) is 24.3 Å². The van der Waals surface area contributed by atoms with E-state index in [9.17, 15) is 4.79 Å². The van der Waals surface area contributed by atoms with E-state index in [0.717, 1.165) is 39.1 Å². The lowest BCUT2D eigenvalue weighted by atomic mass is 9.97. The first-order valence-electron chi connectivity index (χ1n) is 8.06. The van der Waals surface area contributed by atoms with Crippen LogP contribution in [-0.4, -0.2) is 43.5 Å². The van der Waals surface area contributed by atoms with Crippen molar-refractivity contribution in [2.24, 2.45) is 0 Å². The average molecular weight is 289 g/mol. The number of nitrogens with one attached hydrogen (secondary N) is 2. The number of benzene rings is 1. The second-order valence-corrected chi connectivity index (χ2v) is 5.60. The highest BCUT2D eigenvalue weighted by Crippen LogP contribution is 2.32. The molecular formula is C17H27N3O. The van der Waals surface area contributed by atoms with Crippen molar-refractivity contribution in [1.29, 1.82) is 0 Å². The van der Waals surface area contributed by atoms with Crippen LogP contribution in [0.3, 0.4) is 0 Å². The first kappa shape index (κ1) is 15.8. The lowest BCUT2D eigenvalue weighted by Crippen LogP contribution is -2.30. The van der Waals surface area contributed by atoms with Crippen molar-refractivity contribution in [1.82, 2.24) is 10.2 Å². The Bertz CT molecular complexity index is 457. The number of carbonyl (C=O) groups excluding carboxylic acids is 1. The van der Waals surface area contributed by atoms with Gasteiger partial charge in [-0.1, -0.05) is 32.0 Å². The fraction of sp³-hybridized carbons (Fsp3) is 0.588. The molecule has 2 rings (SSSR count). The monoisotopic (exact) mass is 289 g/mol. The topological polar surface area (TPSA) is 44.4 Å². The van der Waals surface area contributed by atoms with E-state index in [1.807, 2.05) is 12.1 Å². The number of hydrogen-bond acceptors (Lipinski definition) is 3. The van der Waals surface area contributed by atoms with Crippen LogP contribution in [0.1, 0.15) is 38.2 Å². The summed E-state index contributed by atoms with van der Waals surface area (Å²) in [6, 6.07) is 8.27. The Labute approximate surface area is 127 Å². The number of anilines is 1. The molecule has 0 radical (unpaired) electrons. The van der Waals surface area contributed by atoms with E-state index in [1.54, 1.807) is 0 Å². The lowest BCUT2D eigenvalue weighted by molar-refractivity contribution is -0.121. The van der Waals surface area contributed by atoms with E-state index in [2.05, 4.69) is 41.5 Å². The maximum Gasteiger partial charge on any atom is 0.220 e. The SMILES string of the molecule is CCN(CC)CCCNC(=O)CC1CNc2ccccc21. The largest absolute Gasteiger partial charge is 0.384 e. The second-order valence-electron chi connectivity index (χ2n) is 5.60. The van der Waals surface area contributed by atoms with E-state index < -0.39 is 0 Å². The molecule has 1 unspecified atom stereocenters. The average Bonchev–Trinajstić information content (AvgIpc) is 2.91. The minimum atomic E-state index is 0.165. The third kappa shape index (κ3) is 4.46. The van der Waals surface area contributed by atoms with Crippen LogP contribution < -0.4 is 10.6 Å². The molecule has 1 aliphatic rings. The molecule has 1 heterocycles. The summed E-state index contributed by atoms with van der Waals surface area (Å²) in [5, 5.41) is 6.42. The van der Waals surface area contributed by atoms with E-state index >= 15 is 0 Å². The molecule has 1 aromatic rings. The predicted molar refractivity (Wildman–Crippen MR) is 87.7 cm³/mol. The zero-order chi connectivity index (χ0) is 15.1. The zero-order valence-electron chi connectivity index (χ0n) is 13.2. The number of rotatable bonds is 8. The van der Waals surface area contributed by atoms with Gasteiger partial charge in [0.05, 0.1) is 0 Å². The Kier molecular flexibility index (Phi) is 6.05. The Morgan fingerprint density at radius 3 is 2.86 bits per heavy atom. The Morgan fingerprint density at radius 1 is 1.33 bits per heavy atom. The molecule has 116 valence electrons.